The number of ketones is 1. The molecule has 0 aliphatic rings. The zero-order valence-electron chi connectivity index (χ0n) is 15.0. The smallest absolute Gasteiger partial charge is 0.287 e. The van der Waals surface area contributed by atoms with Crippen LogP contribution in [0.3, 0.4) is 0 Å². The van der Waals surface area contributed by atoms with E-state index in [4.69, 9.17) is 0 Å². The Bertz CT molecular complexity index is 751. The predicted octanol–water partition coefficient (Wildman–Crippen LogP) is 2.71. The van der Waals surface area contributed by atoms with Gasteiger partial charge in [-0.3, -0.25) is 14.4 Å². The molecule has 0 saturated heterocycles. The van der Waals surface area contributed by atoms with E-state index in [9.17, 15) is 14.4 Å². The molecular formula is C20H25N3O3. The highest BCUT2D eigenvalue weighted by molar-refractivity contribution is 6.36. The van der Waals surface area contributed by atoms with E-state index >= 15 is 0 Å². The third-order valence-corrected chi connectivity index (χ3v) is 4.21. The third kappa shape index (κ3) is 6.63. The van der Waals surface area contributed by atoms with Gasteiger partial charge in [0.25, 0.3) is 11.5 Å². The number of Topliss-reactive ketones (excluding diaryl/α,β-unsaturated/α-hetero) is 1. The van der Waals surface area contributed by atoms with Crippen LogP contribution in [-0.2, 0) is 16.0 Å². The van der Waals surface area contributed by atoms with Gasteiger partial charge in [-0.2, -0.15) is 5.10 Å². The van der Waals surface area contributed by atoms with E-state index in [1.54, 1.807) is 6.92 Å². The Hall–Kier alpha value is -2.76. The molecule has 6 nitrogen and oxygen atoms in total. The standard InChI is InChI=1S/C20H25N3O3/c1-15(17-13-14-19(25)23-22-17)21-20(26)18(24)12-8-3-2-5-9-16-10-6-4-7-11-16/h4,6-7,10-11,13-15H,2-3,5,8-9,12H2,1H3,(H,21,26)(H,23,25)/t15-/m1/s1. The number of carbonyl (C=O) groups is 2. The van der Waals surface area contributed by atoms with Gasteiger partial charge in [0.2, 0.25) is 5.78 Å². The average molecular weight is 355 g/mol. The molecule has 2 N–H and O–H groups in total. The van der Waals surface area contributed by atoms with Crippen molar-refractivity contribution >= 4 is 11.7 Å². The van der Waals surface area contributed by atoms with Crippen LogP contribution in [0.4, 0.5) is 0 Å². The molecule has 1 atom stereocenters. The van der Waals surface area contributed by atoms with Crippen LogP contribution in [-0.4, -0.2) is 21.9 Å². The van der Waals surface area contributed by atoms with Crippen LogP contribution in [0.5, 0.6) is 0 Å². The Balaban J connectivity index is 1.61. The highest BCUT2D eigenvalue weighted by Crippen LogP contribution is 2.10. The summed E-state index contributed by atoms with van der Waals surface area (Å²) in [5, 5.41) is 8.77. The first-order valence-electron chi connectivity index (χ1n) is 8.99. The number of benzene rings is 1. The zero-order chi connectivity index (χ0) is 18.8. The molecule has 1 aromatic carbocycles. The summed E-state index contributed by atoms with van der Waals surface area (Å²) in [5.74, 6) is -1.01. The first-order valence-corrected chi connectivity index (χ1v) is 8.99. The molecule has 1 amide bonds. The first kappa shape index (κ1) is 19.6. The van der Waals surface area contributed by atoms with Crippen LogP contribution in [0, 0.1) is 0 Å². The zero-order valence-corrected chi connectivity index (χ0v) is 15.0. The Morgan fingerprint density at radius 1 is 1.04 bits per heavy atom. The SMILES string of the molecule is C[C@@H](NC(=O)C(=O)CCCCCCc1ccccc1)c1ccc(=O)[nH]n1. The van der Waals surface area contributed by atoms with E-state index in [1.165, 1.54) is 17.7 Å². The summed E-state index contributed by atoms with van der Waals surface area (Å²) < 4.78 is 0. The minimum Gasteiger partial charge on any atom is -0.341 e. The van der Waals surface area contributed by atoms with Gasteiger partial charge in [-0.1, -0.05) is 43.2 Å². The summed E-state index contributed by atoms with van der Waals surface area (Å²) in [5.41, 5.74) is 1.52. The summed E-state index contributed by atoms with van der Waals surface area (Å²) in [6.07, 6.45) is 5.07. The van der Waals surface area contributed by atoms with Gasteiger partial charge in [-0.15, -0.1) is 0 Å². The van der Waals surface area contributed by atoms with Gasteiger partial charge in [0, 0.05) is 12.5 Å². The summed E-state index contributed by atoms with van der Waals surface area (Å²) in [6, 6.07) is 12.7. The lowest BCUT2D eigenvalue weighted by atomic mass is 10.0. The quantitative estimate of drug-likeness (QED) is 0.506. The van der Waals surface area contributed by atoms with Crippen LogP contribution in [0.15, 0.2) is 47.3 Å². The monoisotopic (exact) mass is 355 g/mol. The van der Waals surface area contributed by atoms with Crippen LogP contribution in [0.25, 0.3) is 0 Å². The minimum absolute atomic E-state index is 0.253. The number of H-pyrrole nitrogens is 1. The van der Waals surface area contributed by atoms with Crippen molar-refractivity contribution < 1.29 is 9.59 Å². The molecule has 138 valence electrons. The number of aromatic nitrogens is 2. The molecule has 2 rings (SSSR count). The molecule has 0 unspecified atom stereocenters. The van der Waals surface area contributed by atoms with Crippen molar-refractivity contribution in [3.63, 3.8) is 0 Å². The number of aromatic amines is 1. The number of carbonyl (C=O) groups excluding carboxylic acids is 2. The fourth-order valence-electron chi connectivity index (χ4n) is 2.67. The van der Waals surface area contributed by atoms with Crippen molar-refractivity contribution in [1.82, 2.24) is 15.5 Å². The second-order valence-corrected chi connectivity index (χ2v) is 6.36. The number of hydrogen-bond donors (Lipinski definition) is 2. The number of aryl methyl sites for hydroxylation is 1. The van der Waals surface area contributed by atoms with Crippen molar-refractivity contribution in [2.45, 2.75) is 51.5 Å². The Morgan fingerprint density at radius 3 is 2.46 bits per heavy atom. The number of unbranched alkanes of at least 4 members (excludes halogenated alkanes) is 3. The molecule has 0 bridgehead atoms. The summed E-state index contributed by atoms with van der Waals surface area (Å²) in [4.78, 5) is 34.9. The number of hydrogen-bond acceptors (Lipinski definition) is 4. The van der Waals surface area contributed by atoms with Crippen LogP contribution in [0.1, 0.15) is 56.3 Å². The normalized spacial score (nSPS) is 11.7. The fourth-order valence-corrected chi connectivity index (χ4v) is 2.67. The number of rotatable bonds is 10. The van der Waals surface area contributed by atoms with E-state index in [0.717, 1.165) is 25.7 Å². The van der Waals surface area contributed by atoms with Gasteiger partial charge in [-0.25, -0.2) is 5.10 Å². The number of amides is 1. The van der Waals surface area contributed by atoms with Crippen molar-refractivity contribution in [2.75, 3.05) is 0 Å². The molecule has 2 aromatic rings. The highest BCUT2D eigenvalue weighted by Gasteiger charge is 2.17. The van der Waals surface area contributed by atoms with Gasteiger partial charge in [0.15, 0.2) is 0 Å². The first-order chi connectivity index (χ1) is 12.6. The number of nitrogens with zero attached hydrogens (tertiary/aromatic N) is 1. The van der Waals surface area contributed by atoms with E-state index in [0.29, 0.717) is 12.1 Å². The number of nitrogens with one attached hydrogen (secondary N) is 2. The van der Waals surface area contributed by atoms with E-state index in [-0.39, 0.29) is 12.0 Å². The maximum atomic E-state index is 11.9. The van der Waals surface area contributed by atoms with Gasteiger partial charge in [0.05, 0.1) is 11.7 Å². The lowest BCUT2D eigenvalue weighted by Crippen LogP contribution is -2.33. The molecule has 6 heteroatoms. The lowest BCUT2D eigenvalue weighted by molar-refractivity contribution is -0.138. The summed E-state index contributed by atoms with van der Waals surface area (Å²) in [7, 11) is 0. The topological polar surface area (TPSA) is 91.9 Å². The molecule has 1 aromatic heterocycles. The van der Waals surface area contributed by atoms with E-state index < -0.39 is 17.7 Å². The van der Waals surface area contributed by atoms with Gasteiger partial charge >= 0.3 is 0 Å². The van der Waals surface area contributed by atoms with E-state index in [1.807, 2.05) is 18.2 Å². The third-order valence-electron chi connectivity index (χ3n) is 4.21. The fraction of sp³-hybridized carbons (Fsp3) is 0.400. The van der Waals surface area contributed by atoms with Crippen molar-refractivity contribution in [3.8, 4) is 0 Å². The predicted molar refractivity (Wildman–Crippen MR) is 99.7 cm³/mol. The van der Waals surface area contributed by atoms with Crippen molar-refractivity contribution in [2.24, 2.45) is 0 Å². The second kappa shape index (κ2) is 10.3. The van der Waals surface area contributed by atoms with Crippen molar-refractivity contribution in [3.05, 3.63) is 64.1 Å². The second-order valence-electron chi connectivity index (χ2n) is 6.36. The Labute approximate surface area is 153 Å². The van der Waals surface area contributed by atoms with Gasteiger partial charge in [-0.05, 0) is 37.8 Å². The van der Waals surface area contributed by atoms with Crippen LogP contribution < -0.4 is 10.9 Å². The van der Waals surface area contributed by atoms with E-state index in [2.05, 4.69) is 27.6 Å². The van der Waals surface area contributed by atoms with Crippen LogP contribution in [0.2, 0.25) is 0 Å². The van der Waals surface area contributed by atoms with Gasteiger partial charge < -0.3 is 5.32 Å². The molecule has 0 fully saturated rings. The molecule has 0 saturated carbocycles. The molecule has 0 aliphatic heterocycles. The average Bonchev–Trinajstić information content (AvgIpc) is 2.65. The summed E-state index contributed by atoms with van der Waals surface area (Å²) >= 11 is 0. The van der Waals surface area contributed by atoms with Crippen molar-refractivity contribution in [1.29, 1.82) is 0 Å². The largest absolute Gasteiger partial charge is 0.341 e. The maximum absolute atomic E-state index is 11.9. The lowest BCUT2D eigenvalue weighted by Gasteiger charge is -2.12. The molecule has 1 heterocycles. The minimum atomic E-state index is -0.602. The Kier molecular flexibility index (Phi) is 7.74. The molecular weight excluding hydrogens is 330 g/mol. The maximum Gasteiger partial charge on any atom is 0.287 e. The summed E-state index contributed by atoms with van der Waals surface area (Å²) in [6.45, 7) is 1.72. The Morgan fingerprint density at radius 2 is 1.77 bits per heavy atom. The highest BCUT2D eigenvalue weighted by atomic mass is 16.2. The molecule has 0 aliphatic carbocycles. The van der Waals surface area contributed by atoms with Gasteiger partial charge in [0.1, 0.15) is 0 Å². The molecule has 0 spiro atoms. The molecule has 0 radical (unpaired) electrons. The van der Waals surface area contributed by atoms with Crippen LogP contribution >= 0.6 is 0 Å². The molecule has 26 heavy (non-hydrogen) atoms.